The van der Waals surface area contributed by atoms with Gasteiger partial charge in [-0.25, -0.2) is 0 Å². The molecule has 1 saturated heterocycles. The Balaban J connectivity index is 1.17. The molecule has 2 aliphatic heterocycles. The lowest BCUT2D eigenvalue weighted by Gasteiger charge is -2.18. The highest BCUT2D eigenvalue weighted by Crippen LogP contribution is 2.25. The second-order valence-electron chi connectivity index (χ2n) is 8.36. The summed E-state index contributed by atoms with van der Waals surface area (Å²) in [5.41, 5.74) is 0.958. The molecule has 10 heteroatoms. The van der Waals surface area contributed by atoms with Crippen LogP contribution in [0.15, 0.2) is 40.8 Å². The van der Waals surface area contributed by atoms with Crippen molar-refractivity contribution in [3.8, 4) is 11.3 Å². The van der Waals surface area contributed by atoms with Crippen LogP contribution in [0.25, 0.3) is 11.3 Å². The fourth-order valence-electron chi connectivity index (χ4n) is 4.30. The van der Waals surface area contributed by atoms with Crippen LogP contribution in [-0.2, 0) is 35.6 Å². The third-order valence-corrected chi connectivity index (χ3v) is 6.31. The minimum absolute atomic E-state index is 0.0807. The zero-order valence-corrected chi connectivity index (χ0v) is 18.8. The zero-order chi connectivity index (χ0) is 22.8. The van der Waals surface area contributed by atoms with E-state index in [9.17, 15) is 9.59 Å². The third kappa shape index (κ3) is 4.94. The van der Waals surface area contributed by atoms with Gasteiger partial charge in [-0.15, -0.1) is 10.2 Å². The number of fused-ring (bicyclic) bond motifs is 1. The standard InChI is InChI=1S/C23H25ClN6O3/c24-16-3-1-2-15(12-16)19-6-4-17(33-19)14-29-9-8-20-27-28-21(30(20)11-10-29)13-25-23(32)18-5-7-22(31)26-18/h1-4,6,12,18H,5,7-11,13-14H2,(H,25,32)(H,26,31). The number of benzene rings is 1. The van der Waals surface area contributed by atoms with Crippen LogP contribution >= 0.6 is 11.6 Å². The average molecular weight is 469 g/mol. The molecule has 2 amide bonds. The van der Waals surface area contributed by atoms with Gasteiger partial charge in [0.2, 0.25) is 11.8 Å². The lowest BCUT2D eigenvalue weighted by Crippen LogP contribution is -2.41. The largest absolute Gasteiger partial charge is 0.460 e. The number of furan rings is 1. The Morgan fingerprint density at radius 3 is 2.91 bits per heavy atom. The number of amides is 2. The van der Waals surface area contributed by atoms with Gasteiger partial charge < -0.3 is 19.6 Å². The van der Waals surface area contributed by atoms with Crippen molar-refractivity contribution in [2.45, 2.75) is 44.9 Å². The molecule has 172 valence electrons. The van der Waals surface area contributed by atoms with Gasteiger partial charge in [0.1, 0.15) is 23.4 Å². The van der Waals surface area contributed by atoms with E-state index in [-0.39, 0.29) is 11.8 Å². The molecule has 0 radical (unpaired) electrons. The molecule has 3 aromatic rings. The Bertz CT molecular complexity index is 1170. The van der Waals surface area contributed by atoms with Crippen LogP contribution < -0.4 is 10.6 Å². The first-order chi connectivity index (χ1) is 16.0. The molecule has 4 heterocycles. The topological polar surface area (TPSA) is 105 Å². The van der Waals surface area contributed by atoms with Gasteiger partial charge >= 0.3 is 0 Å². The van der Waals surface area contributed by atoms with Crippen LogP contribution in [0, 0.1) is 0 Å². The number of carbonyl (C=O) groups is 2. The van der Waals surface area contributed by atoms with E-state index in [1.54, 1.807) is 0 Å². The van der Waals surface area contributed by atoms with Crippen molar-refractivity contribution in [3.05, 3.63) is 58.8 Å². The molecule has 0 aliphatic carbocycles. The van der Waals surface area contributed by atoms with Crippen LogP contribution in [0.3, 0.4) is 0 Å². The summed E-state index contributed by atoms with van der Waals surface area (Å²) in [6.07, 6.45) is 1.69. The molecule has 0 spiro atoms. The number of aromatic nitrogens is 3. The minimum Gasteiger partial charge on any atom is -0.460 e. The molecule has 2 aliphatic rings. The number of nitrogens with zero attached hydrogens (tertiary/aromatic N) is 4. The predicted octanol–water partition coefficient (Wildman–Crippen LogP) is 2.14. The average Bonchev–Trinajstić information content (AvgIpc) is 3.51. The summed E-state index contributed by atoms with van der Waals surface area (Å²) in [7, 11) is 0. The first-order valence-electron chi connectivity index (χ1n) is 11.1. The molecule has 1 unspecified atom stereocenters. The first-order valence-corrected chi connectivity index (χ1v) is 11.5. The number of hydrogen-bond acceptors (Lipinski definition) is 6. The molecule has 2 aromatic heterocycles. The van der Waals surface area contributed by atoms with Crippen LogP contribution in [0.2, 0.25) is 5.02 Å². The summed E-state index contributed by atoms with van der Waals surface area (Å²) in [5.74, 6) is 3.08. The van der Waals surface area contributed by atoms with Gasteiger partial charge in [-0.3, -0.25) is 14.5 Å². The second kappa shape index (κ2) is 9.36. The van der Waals surface area contributed by atoms with Crippen molar-refractivity contribution >= 4 is 23.4 Å². The lowest BCUT2D eigenvalue weighted by atomic mass is 10.2. The predicted molar refractivity (Wildman–Crippen MR) is 121 cm³/mol. The van der Waals surface area contributed by atoms with Gasteiger partial charge in [-0.05, 0) is 30.7 Å². The number of nitrogens with one attached hydrogen (secondary N) is 2. The van der Waals surface area contributed by atoms with E-state index in [1.807, 2.05) is 36.4 Å². The normalized spacial score (nSPS) is 18.6. The molecular weight excluding hydrogens is 444 g/mol. The molecule has 5 rings (SSSR count). The fourth-order valence-corrected chi connectivity index (χ4v) is 4.49. The summed E-state index contributed by atoms with van der Waals surface area (Å²) in [5, 5.41) is 14.8. The molecule has 2 N–H and O–H groups in total. The van der Waals surface area contributed by atoms with Crippen LogP contribution in [0.1, 0.15) is 30.3 Å². The fraction of sp³-hybridized carbons (Fsp3) is 0.391. The highest BCUT2D eigenvalue weighted by Gasteiger charge is 2.27. The first kappa shape index (κ1) is 21.7. The highest BCUT2D eigenvalue weighted by atomic mass is 35.5. The van der Waals surface area contributed by atoms with Crippen molar-refractivity contribution in [1.82, 2.24) is 30.3 Å². The summed E-state index contributed by atoms with van der Waals surface area (Å²) >= 11 is 6.10. The third-order valence-electron chi connectivity index (χ3n) is 6.08. The maximum Gasteiger partial charge on any atom is 0.242 e. The molecule has 0 saturated carbocycles. The van der Waals surface area contributed by atoms with E-state index < -0.39 is 6.04 Å². The Kier molecular flexibility index (Phi) is 6.15. The Labute approximate surface area is 196 Å². The van der Waals surface area contributed by atoms with Gasteiger partial charge in [0.25, 0.3) is 0 Å². The SMILES string of the molecule is O=C1CCC(C(=O)NCc2nnc3n2CCN(Cc2ccc(-c4cccc(Cl)c4)o2)CC3)N1. The number of hydrogen-bond donors (Lipinski definition) is 2. The number of carbonyl (C=O) groups excluding carboxylic acids is 2. The van der Waals surface area contributed by atoms with Gasteiger partial charge in [0.15, 0.2) is 5.82 Å². The molecular formula is C23H25ClN6O3. The van der Waals surface area contributed by atoms with E-state index in [1.165, 1.54) is 0 Å². The zero-order valence-electron chi connectivity index (χ0n) is 18.1. The molecule has 1 atom stereocenters. The minimum atomic E-state index is -0.454. The van der Waals surface area contributed by atoms with E-state index in [4.69, 9.17) is 16.0 Å². The summed E-state index contributed by atoms with van der Waals surface area (Å²) < 4.78 is 8.14. The van der Waals surface area contributed by atoms with Crippen molar-refractivity contribution in [3.63, 3.8) is 0 Å². The second-order valence-corrected chi connectivity index (χ2v) is 8.80. The van der Waals surface area contributed by atoms with E-state index in [0.717, 1.165) is 54.8 Å². The van der Waals surface area contributed by atoms with Gasteiger partial charge in [-0.1, -0.05) is 23.7 Å². The Hall–Kier alpha value is -3.17. The maximum atomic E-state index is 12.3. The van der Waals surface area contributed by atoms with Crippen LogP contribution in [0.5, 0.6) is 0 Å². The highest BCUT2D eigenvalue weighted by molar-refractivity contribution is 6.30. The smallest absolute Gasteiger partial charge is 0.242 e. The summed E-state index contributed by atoms with van der Waals surface area (Å²) in [6.45, 7) is 3.38. The molecule has 33 heavy (non-hydrogen) atoms. The Morgan fingerprint density at radius 1 is 1.18 bits per heavy atom. The summed E-state index contributed by atoms with van der Waals surface area (Å²) in [4.78, 5) is 26.0. The van der Waals surface area contributed by atoms with E-state index >= 15 is 0 Å². The van der Waals surface area contributed by atoms with E-state index in [2.05, 4.69) is 30.3 Å². The van der Waals surface area contributed by atoms with Crippen LogP contribution in [0.4, 0.5) is 0 Å². The lowest BCUT2D eigenvalue weighted by molar-refractivity contribution is -0.125. The van der Waals surface area contributed by atoms with Gasteiger partial charge in [-0.2, -0.15) is 0 Å². The van der Waals surface area contributed by atoms with E-state index in [0.29, 0.717) is 31.0 Å². The number of rotatable bonds is 6. The van der Waals surface area contributed by atoms with Crippen molar-refractivity contribution in [2.75, 3.05) is 13.1 Å². The Morgan fingerprint density at radius 2 is 2.09 bits per heavy atom. The van der Waals surface area contributed by atoms with Gasteiger partial charge in [0.05, 0.1) is 13.1 Å². The molecule has 0 bridgehead atoms. The quantitative estimate of drug-likeness (QED) is 0.574. The van der Waals surface area contributed by atoms with Crippen LogP contribution in [-0.4, -0.2) is 50.6 Å². The molecule has 9 nitrogen and oxygen atoms in total. The molecule has 1 fully saturated rings. The monoisotopic (exact) mass is 468 g/mol. The number of halogens is 1. The van der Waals surface area contributed by atoms with Crippen molar-refractivity contribution in [2.24, 2.45) is 0 Å². The van der Waals surface area contributed by atoms with Crippen molar-refractivity contribution in [1.29, 1.82) is 0 Å². The molecule has 1 aromatic carbocycles. The maximum absolute atomic E-state index is 12.3. The van der Waals surface area contributed by atoms with Gasteiger partial charge in [0, 0.05) is 43.1 Å². The summed E-state index contributed by atoms with van der Waals surface area (Å²) in [6, 6.07) is 11.1. The van der Waals surface area contributed by atoms with Crippen molar-refractivity contribution < 1.29 is 14.0 Å².